The second-order valence-electron chi connectivity index (χ2n) is 2.13. The van der Waals surface area contributed by atoms with Gasteiger partial charge in [0.05, 0.1) is 12.8 Å². The first-order chi connectivity index (χ1) is 5.15. The van der Waals surface area contributed by atoms with Crippen molar-refractivity contribution < 1.29 is 9.53 Å². The lowest BCUT2D eigenvalue weighted by atomic mass is 10.1. The number of rotatable bonds is 1. The number of methoxy groups -OCH3 is 1. The average molecular weight is 169 g/mol. The lowest BCUT2D eigenvalue weighted by Crippen LogP contribution is -2.01. The van der Waals surface area contributed by atoms with E-state index in [0.717, 1.165) is 4.78 Å². The number of hydrogen-bond donors (Lipinski definition) is 1. The highest BCUT2D eigenvalue weighted by atomic mass is 32.1. The molecule has 0 spiro atoms. The third kappa shape index (κ3) is 1.54. The minimum atomic E-state index is -0.361. The Labute approximate surface area is 69.6 Å². The summed E-state index contributed by atoms with van der Waals surface area (Å²) in [7, 11) is 3.24. The normalized spacial score (nSPS) is 9.55. The van der Waals surface area contributed by atoms with Crippen LogP contribution in [0.15, 0.2) is 6.07 Å². The number of anilines is 1. The second kappa shape index (κ2) is 2.96. The summed E-state index contributed by atoms with van der Waals surface area (Å²) in [5.41, 5.74) is 6.03. The van der Waals surface area contributed by atoms with Gasteiger partial charge >= 0.3 is 5.97 Å². The van der Waals surface area contributed by atoms with Gasteiger partial charge in [0.25, 0.3) is 0 Å². The largest absolute Gasteiger partial charge is 0.465 e. The first kappa shape index (κ1) is 8.13. The molecule has 0 bridgehead atoms. The van der Waals surface area contributed by atoms with Crippen LogP contribution in [-0.4, -0.2) is 20.9 Å². The topological polar surface area (TPSA) is 52.3 Å². The smallest absolute Gasteiger partial charge is 0.350 e. The number of nitrogen functional groups attached to an aromatic ring is 1. The van der Waals surface area contributed by atoms with Crippen LogP contribution in [0.3, 0.4) is 0 Å². The van der Waals surface area contributed by atoms with Gasteiger partial charge in [-0.3, -0.25) is 0 Å². The molecule has 0 radical (unpaired) electrons. The zero-order valence-electron chi connectivity index (χ0n) is 6.38. The van der Waals surface area contributed by atoms with Crippen LogP contribution in [0.1, 0.15) is 9.67 Å². The van der Waals surface area contributed by atoms with E-state index in [4.69, 9.17) is 5.73 Å². The molecule has 0 aromatic carbocycles. The monoisotopic (exact) mass is 169 g/mol. The highest BCUT2D eigenvalue weighted by molar-refractivity contribution is 7.22. The zero-order chi connectivity index (χ0) is 8.43. The maximum absolute atomic E-state index is 11.0. The van der Waals surface area contributed by atoms with Crippen molar-refractivity contribution in [3.05, 3.63) is 10.9 Å². The molecule has 0 aliphatic carbocycles. The molecule has 58 valence electrons. The predicted molar refractivity (Wildman–Crippen MR) is 48.2 cm³/mol. The number of carbonyl (C=O) groups is 1. The van der Waals surface area contributed by atoms with E-state index in [-0.39, 0.29) is 5.97 Å². The van der Waals surface area contributed by atoms with Gasteiger partial charge in [-0.1, -0.05) is 0 Å². The molecule has 0 saturated heterocycles. The van der Waals surface area contributed by atoms with Crippen molar-refractivity contribution in [2.45, 2.75) is 0 Å². The molecule has 0 unspecified atom stereocenters. The Morgan fingerprint density at radius 1 is 1.82 bits per heavy atom. The van der Waals surface area contributed by atoms with Crippen LogP contribution in [-0.2, 0) is 4.74 Å². The first-order valence-electron chi connectivity index (χ1n) is 3.09. The van der Waals surface area contributed by atoms with Gasteiger partial charge in [-0.2, -0.15) is 0 Å². The Morgan fingerprint density at radius 3 is 2.82 bits per heavy atom. The molecule has 0 amide bonds. The Balaban J connectivity index is 3.03. The minimum absolute atomic E-state index is 0.361. The molecule has 0 fully saturated rings. The fourth-order valence-electron chi connectivity index (χ4n) is 0.786. The number of carbonyl (C=O) groups excluding carboxylic acids is 1. The maximum Gasteiger partial charge on any atom is 0.350 e. The molecule has 0 aliphatic heterocycles. The summed E-state index contributed by atoms with van der Waals surface area (Å²) in [5, 5.41) is 0. The molecular weight excluding hydrogens is 161 g/mol. The Hall–Kier alpha value is -0.965. The first-order valence-corrected chi connectivity index (χ1v) is 3.91. The fraction of sp³-hybridized carbons (Fsp3) is 0.167. The lowest BCUT2D eigenvalue weighted by molar-refractivity contribution is 0.0607. The van der Waals surface area contributed by atoms with Gasteiger partial charge in [0.15, 0.2) is 7.85 Å². The van der Waals surface area contributed by atoms with Crippen molar-refractivity contribution in [3.8, 4) is 0 Å². The third-order valence-electron chi connectivity index (χ3n) is 1.25. The van der Waals surface area contributed by atoms with E-state index in [9.17, 15) is 4.79 Å². The number of esters is 1. The summed E-state index contributed by atoms with van der Waals surface area (Å²) < 4.78 is 5.54. The van der Waals surface area contributed by atoms with E-state index >= 15 is 0 Å². The molecular formula is C6H8BNO2S. The van der Waals surface area contributed by atoms with Crippen LogP contribution in [0.25, 0.3) is 0 Å². The molecule has 2 N–H and O–H groups in total. The van der Waals surface area contributed by atoms with Gasteiger partial charge in [-0.25, -0.2) is 4.79 Å². The van der Waals surface area contributed by atoms with Gasteiger partial charge in [-0.05, 0) is 10.8 Å². The van der Waals surface area contributed by atoms with Crippen LogP contribution >= 0.6 is 11.3 Å². The molecule has 5 heteroatoms. The summed E-state index contributed by atoms with van der Waals surface area (Å²) >= 11 is 1.35. The third-order valence-corrected chi connectivity index (χ3v) is 2.30. The van der Waals surface area contributed by atoms with E-state index in [0.29, 0.717) is 10.6 Å². The highest BCUT2D eigenvalue weighted by Crippen LogP contribution is 2.16. The van der Waals surface area contributed by atoms with Gasteiger partial charge in [0.1, 0.15) is 4.88 Å². The minimum Gasteiger partial charge on any atom is -0.465 e. The Kier molecular flexibility index (Phi) is 2.19. The molecule has 11 heavy (non-hydrogen) atoms. The van der Waals surface area contributed by atoms with E-state index in [1.807, 2.05) is 7.85 Å². The van der Waals surface area contributed by atoms with Crippen molar-refractivity contribution in [2.75, 3.05) is 12.8 Å². The van der Waals surface area contributed by atoms with Crippen molar-refractivity contribution in [1.82, 2.24) is 0 Å². The zero-order valence-corrected chi connectivity index (χ0v) is 7.20. The molecule has 3 nitrogen and oxygen atoms in total. The van der Waals surface area contributed by atoms with Crippen LogP contribution in [0.5, 0.6) is 0 Å². The summed E-state index contributed by atoms with van der Waals surface area (Å²) in [6, 6.07) is 1.76. The number of hydrogen-bond acceptors (Lipinski definition) is 4. The maximum atomic E-state index is 11.0. The van der Waals surface area contributed by atoms with Gasteiger partial charge in [0, 0.05) is 0 Å². The summed E-state index contributed by atoms with van der Waals surface area (Å²) in [6.45, 7) is 0. The van der Waals surface area contributed by atoms with Crippen LogP contribution < -0.4 is 10.5 Å². The van der Waals surface area contributed by atoms with Crippen LogP contribution in [0, 0.1) is 0 Å². The van der Waals surface area contributed by atoms with Crippen molar-refractivity contribution in [3.63, 3.8) is 0 Å². The van der Waals surface area contributed by atoms with Gasteiger partial charge < -0.3 is 10.5 Å². The number of nitrogens with two attached hydrogens (primary N) is 1. The van der Waals surface area contributed by atoms with Gasteiger partial charge in [0.2, 0.25) is 0 Å². The van der Waals surface area contributed by atoms with Crippen molar-refractivity contribution in [2.24, 2.45) is 0 Å². The predicted octanol–water partition coefficient (Wildman–Crippen LogP) is -0.625. The Morgan fingerprint density at radius 2 is 2.45 bits per heavy atom. The quantitative estimate of drug-likeness (QED) is 0.450. The SMILES string of the molecule is Bc1cc(N)c(C(=O)OC)s1. The molecule has 1 rings (SSSR count). The van der Waals surface area contributed by atoms with Gasteiger partial charge in [-0.15, -0.1) is 11.3 Å². The standard InChI is InChI=1S/C6H8BNO2S/c1-10-6(9)5-3(8)2-4(7)11-5/h2H,7-8H2,1H3. The Bertz CT molecular complexity index is 284. The van der Waals surface area contributed by atoms with Crippen LogP contribution in [0.2, 0.25) is 0 Å². The summed E-state index contributed by atoms with van der Waals surface area (Å²) in [5.74, 6) is -0.361. The number of ether oxygens (including phenoxy) is 1. The summed E-state index contributed by atoms with van der Waals surface area (Å²) in [4.78, 5) is 11.4. The molecule has 1 aromatic heterocycles. The second-order valence-corrected chi connectivity index (χ2v) is 3.39. The molecule has 0 atom stereocenters. The van der Waals surface area contributed by atoms with E-state index in [1.165, 1.54) is 18.4 Å². The average Bonchev–Trinajstić information content (AvgIpc) is 2.28. The van der Waals surface area contributed by atoms with Crippen molar-refractivity contribution >= 4 is 35.6 Å². The number of thiophene rings is 1. The van der Waals surface area contributed by atoms with E-state index < -0.39 is 0 Å². The van der Waals surface area contributed by atoms with Crippen LogP contribution in [0.4, 0.5) is 5.69 Å². The molecule has 1 heterocycles. The fourth-order valence-corrected chi connectivity index (χ4v) is 1.64. The molecule has 0 saturated carbocycles. The molecule has 1 aromatic rings. The molecule has 0 aliphatic rings. The highest BCUT2D eigenvalue weighted by Gasteiger charge is 2.12. The lowest BCUT2D eigenvalue weighted by Gasteiger charge is -1.94. The summed E-state index contributed by atoms with van der Waals surface area (Å²) in [6.07, 6.45) is 0. The van der Waals surface area contributed by atoms with E-state index in [2.05, 4.69) is 4.74 Å². The van der Waals surface area contributed by atoms with Crippen molar-refractivity contribution in [1.29, 1.82) is 0 Å². The van der Waals surface area contributed by atoms with E-state index in [1.54, 1.807) is 6.07 Å².